The van der Waals surface area contributed by atoms with E-state index in [2.05, 4.69) is 26.5 Å². The molecule has 0 rings (SSSR count). The Morgan fingerprint density at radius 3 is 1.14 bits per heavy atom. The van der Waals surface area contributed by atoms with E-state index in [1.807, 2.05) is 0 Å². The minimum absolute atomic E-state index is 0. The summed E-state index contributed by atoms with van der Waals surface area (Å²) in [6.45, 7) is 6.23. The molecule has 0 unspecified atom stereocenters. The van der Waals surface area contributed by atoms with Gasteiger partial charge in [0.1, 0.15) is 0 Å². The highest BCUT2D eigenvalue weighted by atomic mass is 35.5. The van der Waals surface area contributed by atoms with E-state index >= 15 is 0 Å². The molecule has 0 saturated heterocycles. The Hall–Kier alpha value is 0.210. The number of halogens is 1. The maximum absolute atomic E-state index is 3.77. The third-order valence-electron chi connectivity index (χ3n) is 0. The summed E-state index contributed by atoms with van der Waals surface area (Å²) in [4.78, 5) is 0. The van der Waals surface area contributed by atoms with Crippen molar-refractivity contribution in [2.45, 2.75) is 26.3 Å². The van der Waals surface area contributed by atoms with Gasteiger partial charge in [-0.3, -0.25) is 0 Å². The zero-order chi connectivity index (χ0) is 4.50. The van der Waals surface area contributed by atoms with Gasteiger partial charge in [-0.2, -0.15) is 0 Å². The molecule has 0 heterocycles. The van der Waals surface area contributed by atoms with Crippen LogP contribution in [0, 0.1) is 0 Å². The summed E-state index contributed by atoms with van der Waals surface area (Å²) in [6.07, 6.45) is 0. The molecule has 48 valence electrons. The summed E-state index contributed by atoms with van der Waals surface area (Å²) >= 11 is 0. The quantitative estimate of drug-likeness (QED) is 0.347. The summed E-state index contributed by atoms with van der Waals surface area (Å²) < 4.78 is 0. The standard InChI is InChI=1S/C4H11N.ClH.H2O/c1-4(2,3)5;;/h5H2,1-3H3;1H;1H2. The second-order valence-electron chi connectivity index (χ2n) is 2.56. The highest BCUT2D eigenvalue weighted by Crippen LogP contribution is 1.84. The molecule has 0 aromatic heterocycles. The van der Waals surface area contributed by atoms with E-state index in [1.54, 1.807) is 0 Å². The van der Waals surface area contributed by atoms with Crippen LogP contribution in [0.5, 0.6) is 0 Å². The van der Waals surface area contributed by atoms with Crippen LogP contribution in [0.2, 0.25) is 0 Å². The Morgan fingerprint density at radius 1 is 1.14 bits per heavy atom. The van der Waals surface area contributed by atoms with Crippen LogP contribution < -0.4 is 18.1 Å². The van der Waals surface area contributed by atoms with Crippen LogP contribution >= 0.6 is 0 Å². The SMILES string of the molecule is CC(C)(C)[NH3+].O.[Cl-]. The highest BCUT2D eigenvalue weighted by Gasteiger charge is 2.00. The molecule has 0 aliphatic carbocycles. The van der Waals surface area contributed by atoms with Gasteiger partial charge in [-0.15, -0.1) is 0 Å². The van der Waals surface area contributed by atoms with Crippen molar-refractivity contribution in [3.8, 4) is 0 Å². The van der Waals surface area contributed by atoms with Crippen molar-refractivity contribution >= 4 is 0 Å². The average Bonchev–Trinajstić information content (AvgIpc) is 0.722. The molecule has 0 aliphatic heterocycles. The molecular formula is C4H14ClNO. The van der Waals surface area contributed by atoms with Crippen LogP contribution in [-0.2, 0) is 0 Å². The first kappa shape index (κ1) is 15.7. The molecule has 0 spiro atoms. The van der Waals surface area contributed by atoms with E-state index in [9.17, 15) is 0 Å². The molecule has 5 N–H and O–H groups in total. The third-order valence-corrected chi connectivity index (χ3v) is 0. The highest BCUT2D eigenvalue weighted by molar-refractivity contribution is 4.48. The monoisotopic (exact) mass is 127 g/mol. The van der Waals surface area contributed by atoms with E-state index in [-0.39, 0.29) is 23.4 Å². The Balaban J connectivity index is -0.0000000800. The maximum atomic E-state index is 3.77. The van der Waals surface area contributed by atoms with Crippen LogP contribution in [0.25, 0.3) is 0 Å². The first-order valence-corrected chi connectivity index (χ1v) is 1.85. The molecule has 0 atom stereocenters. The predicted molar refractivity (Wildman–Crippen MR) is 26.3 cm³/mol. The number of rotatable bonds is 0. The van der Waals surface area contributed by atoms with Crippen LogP contribution in [-0.4, -0.2) is 11.0 Å². The molecule has 3 heteroatoms. The number of hydrogen-bond acceptors (Lipinski definition) is 0. The van der Waals surface area contributed by atoms with E-state index in [4.69, 9.17) is 0 Å². The first-order chi connectivity index (χ1) is 2.00. The van der Waals surface area contributed by atoms with Gasteiger partial charge in [0.25, 0.3) is 0 Å². The average molecular weight is 128 g/mol. The summed E-state index contributed by atoms with van der Waals surface area (Å²) in [7, 11) is 0. The molecule has 0 amide bonds. The van der Waals surface area contributed by atoms with E-state index in [0.717, 1.165) is 0 Å². The molecule has 0 saturated carbocycles. The van der Waals surface area contributed by atoms with Gasteiger partial charge in [0.05, 0.1) is 5.54 Å². The lowest BCUT2D eigenvalue weighted by Crippen LogP contribution is -3.00. The lowest BCUT2D eigenvalue weighted by Gasteiger charge is -2.01. The molecule has 2 nitrogen and oxygen atoms in total. The third kappa shape index (κ3) is 2500. The summed E-state index contributed by atoms with van der Waals surface area (Å²) in [5.41, 5.74) is 4.02. The number of quaternary nitrogens is 1. The fraction of sp³-hybridized carbons (Fsp3) is 1.00. The van der Waals surface area contributed by atoms with Crippen molar-refractivity contribution in [3.05, 3.63) is 0 Å². The van der Waals surface area contributed by atoms with Crippen LogP contribution in [0.15, 0.2) is 0 Å². The molecule has 0 aromatic rings. The van der Waals surface area contributed by atoms with Gasteiger partial charge in [0.2, 0.25) is 0 Å². The van der Waals surface area contributed by atoms with Crippen molar-refractivity contribution in [2.24, 2.45) is 0 Å². The fourth-order valence-corrected chi connectivity index (χ4v) is 0. The number of hydrogen-bond donors (Lipinski definition) is 1. The van der Waals surface area contributed by atoms with Gasteiger partial charge < -0.3 is 23.6 Å². The molecule has 0 aromatic carbocycles. The van der Waals surface area contributed by atoms with Gasteiger partial charge in [-0.05, 0) is 20.8 Å². The largest absolute Gasteiger partial charge is 1.00 e. The second-order valence-corrected chi connectivity index (χ2v) is 2.56. The zero-order valence-corrected chi connectivity index (χ0v) is 5.84. The summed E-state index contributed by atoms with van der Waals surface area (Å²) in [5.74, 6) is 0. The van der Waals surface area contributed by atoms with Gasteiger partial charge in [0.15, 0.2) is 0 Å². The Morgan fingerprint density at radius 2 is 1.14 bits per heavy atom. The van der Waals surface area contributed by atoms with Crippen molar-refractivity contribution in [2.75, 3.05) is 0 Å². The Bertz CT molecular complexity index is 27.2. The van der Waals surface area contributed by atoms with E-state index < -0.39 is 0 Å². The molecule has 0 fully saturated rings. The summed E-state index contributed by atoms with van der Waals surface area (Å²) in [6, 6.07) is 0. The molecule has 0 radical (unpaired) electrons. The lowest BCUT2D eigenvalue weighted by molar-refractivity contribution is -0.458. The van der Waals surface area contributed by atoms with Gasteiger partial charge in [-0.25, -0.2) is 0 Å². The lowest BCUT2D eigenvalue weighted by atomic mass is 10.1. The van der Waals surface area contributed by atoms with E-state index in [1.165, 1.54) is 0 Å². The van der Waals surface area contributed by atoms with Crippen molar-refractivity contribution in [1.29, 1.82) is 0 Å². The van der Waals surface area contributed by atoms with Gasteiger partial charge >= 0.3 is 0 Å². The van der Waals surface area contributed by atoms with Crippen LogP contribution in [0.3, 0.4) is 0 Å². The normalized spacial score (nSPS) is 8.57. The minimum atomic E-state index is 0. The topological polar surface area (TPSA) is 59.1 Å². The summed E-state index contributed by atoms with van der Waals surface area (Å²) in [5, 5.41) is 0. The van der Waals surface area contributed by atoms with Crippen LogP contribution in [0.4, 0.5) is 0 Å². The smallest absolute Gasteiger partial charge is 0.0860 e. The molecular weight excluding hydrogens is 114 g/mol. The minimum Gasteiger partial charge on any atom is -1.00 e. The zero-order valence-electron chi connectivity index (χ0n) is 5.09. The van der Waals surface area contributed by atoms with Gasteiger partial charge in [-0.1, -0.05) is 0 Å². The van der Waals surface area contributed by atoms with Crippen molar-refractivity contribution in [3.63, 3.8) is 0 Å². The maximum Gasteiger partial charge on any atom is 0.0860 e. The van der Waals surface area contributed by atoms with Crippen molar-refractivity contribution in [1.82, 2.24) is 0 Å². The van der Waals surface area contributed by atoms with E-state index in [0.29, 0.717) is 0 Å². The molecule has 7 heavy (non-hydrogen) atoms. The van der Waals surface area contributed by atoms with Gasteiger partial charge in [0, 0.05) is 0 Å². The predicted octanol–water partition coefficient (Wildman–Crippen LogP) is -3.79. The first-order valence-electron chi connectivity index (χ1n) is 1.85. The second kappa shape index (κ2) is 4.37. The van der Waals surface area contributed by atoms with Crippen LogP contribution in [0.1, 0.15) is 20.8 Å². The fourth-order valence-electron chi connectivity index (χ4n) is 0. The Labute approximate surface area is 50.8 Å². The molecule has 0 aliphatic rings. The Kier molecular flexibility index (Phi) is 9.80. The molecule has 0 bridgehead atoms. The van der Waals surface area contributed by atoms with Crippen molar-refractivity contribution < 1.29 is 23.6 Å².